The molecular formula is C17H28N2O. The number of benzene rings is 1. The minimum atomic E-state index is 0.683. The predicted octanol–water partition coefficient (Wildman–Crippen LogP) is 3.05. The highest BCUT2D eigenvalue weighted by Crippen LogP contribution is 2.15. The van der Waals surface area contributed by atoms with E-state index in [4.69, 9.17) is 4.74 Å². The molecule has 2 rings (SSSR count). The number of rotatable bonds is 8. The Morgan fingerprint density at radius 3 is 2.65 bits per heavy atom. The van der Waals surface area contributed by atoms with Crippen LogP contribution in [0.2, 0.25) is 0 Å². The summed E-state index contributed by atoms with van der Waals surface area (Å²) in [5.74, 6) is 0.983. The third-order valence-electron chi connectivity index (χ3n) is 3.89. The molecule has 1 fully saturated rings. The molecule has 112 valence electrons. The zero-order valence-electron chi connectivity index (χ0n) is 12.9. The van der Waals surface area contributed by atoms with Crippen molar-refractivity contribution < 1.29 is 4.74 Å². The summed E-state index contributed by atoms with van der Waals surface area (Å²) in [6.45, 7) is 9.65. The Kier molecular flexibility index (Phi) is 6.34. The van der Waals surface area contributed by atoms with Crippen molar-refractivity contribution in [3.05, 3.63) is 29.8 Å². The zero-order chi connectivity index (χ0) is 14.2. The Balaban J connectivity index is 1.83. The summed E-state index contributed by atoms with van der Waals surface area (Å²) in [5.41, 5.74) is 1.37. The van der Waals surface area contributed by atoms with Crippen LogP contribution in [0, 0.1) is 0 Å². The lowest BCUT2D eigenvalue weighted by atomic mass is 10.1. The summed E-state index contributed by atoms with van der Waals surface area (Å²) in [6.07, 6.45) is 3.70. The SMILES string of the molecule is CCCOc1ccc(CN(CC)CC2CCCN2)cc1. The first-order valence-electron chi connectivity index (χ1n) is 7.99. The van der Waals surface area contributed by atoms with Gasteiger partial charge in [-0.05, 0) is 50.0 Å². The van der Waals surface area contributed by atoms with Crippen LogP contribution in [0.15, 0.2) is 24.3 Å². The van der Waals surface area contributed by atoms with Gasteiger partial charge in [0.1, 0.15) is 5.75 Å². The average molecular weight is 276 g/mol. The molecule has 1 saturated heterocycles. The van der Waals surface area contributed by atoms with Crippen LogP contribution in [0.3, 0.4) is 0 Å². The van der Waals surface area contributed by atoms with E-state index in [1.807, 2.05) is 0 Å². The topological polar surface area (TPSA) is 24.5 Å². The van der Waals surface area contributed by atoms with Gasteiger partial charge in [0.25, 0.3) is 0 Å². The summed E-state index contributed by atoms with van der Waals surface area (Å²) in [7, 11) is 0. The molecule has 0 bridgehead atoms. The Morgan fingerprint density at radius 2 is 2.05 bits per heavy atom. The molecule has 0 spiro atoms. The van der Waals surface area contributed by atoms with Crippen molar-refractivity contribution in [2.45, 2.75) is 45.7 Å². The molecule has 3 nitrogen and oxygen atoms in total. The second-order valence-corrected chi connectivity index (χ2v) is 5.61. The maximum atomic E-state index is 5.63. The van der Waals surface area contributed by atoms with Crippen molar-refractivity contribution in [3.8, 4) is 5.75 Å². The summed E-state index contributed by atoms with van der Waals surface area (Å²) in [6, 6.07) is 9.24. The van der Waals surface area contributed by atoms with Crippen LogP contribution in [-0.2, 0) is 6.54 Å². The standard InChI is InChI=1S/C17H28N2O/c1-3-12-20-17-9-7-15(8-10-17)13-19(4-2)14-16-6-5-11-18-16/h7-10,16,18H,3-6,11-14H2,1-2H3. The molecule has 1 aliphatic rings. The smallest absolute Gasteiger partial charge is 0.119 e. The van der Waals surface area contributed by atoms with Crippen molar-refractivity contribution >= 4 is 0 Å². The highest BCUT2D eigenvalue weighted by Gasteiger charge is 2.17. The Labute approximate surface area is 123 Å². The van der Waals surface area contributed by atoms with Gasteiger partial charge in [0.05, 0.1) is 6.61 Å². The van der Waals surface area contributed by atoms with Gasteiger partial charge in [0.2, 0.25) is 0 Å². The van der Waals surface area contributed by atoms with Gasteiger partial charge in [0, 0.05) is 19.1 Å². The van der Waals surface area contributed by atoms with Gasteiger partial charge in [0.15, 0.2) is 0 Å². The fraction of sp³-hybridized carbons (Fsp3) is 0.647. The first kappa shape index (κ1) is 15.3. The fourth-order valence-electron chi connectivity index (χ4n) is 2.70. The lowest BCUT2D eigenvalue weighted by Crippen LogP contribution is -2.37. The van der Waals surface area contributed by atoms with E-state index in [-0.39, 0.29) is 0 Å². The minimum Gasteiger partial charge on any atom is -0.494 e. The predicted molar refractivity (Wildman–Crippen MR) is 84.2 cm³/mol. The third kappa shape index (κ3) is 4.80. The molecule has 0 radical (unpaired) electrons. The first-order chi connectivity index (χ1) is 9.81. The van der Waals surface area contributed by atoms with Crippen molar-refractivity contribution in [2.75, 3.05) is 26.2 Å². The molecule has 3 heteroatoms. The zero-order valence-corrected chi connectivity index (χ0v) is 12.9. The molecule has 0 aliphatic carbocycles. The summed E-state index contributed by atoms with van der Waals surface area (Å²) >= 11 is 0. The van der Waals surface area contributed by atoms with Crippen molar-refractivity contribution in [1.82, 2.24) is 10.2 Å². The molecule has 1 aliphatic heterocycles. The Bertz CT molecular complexity index is 371. The van der Waals surface area contributed by atoms with E-state index < -0.39 is 0 Å². The molecule has 1 heterocycles. The number of hydrogen-bond acceptors (Lipinski definition) is 3. The molecule has 0 aromatic heterocycles. The number of ether oxygens (including phenoxy) is 1. The van der Waals surface area contributed by atoms with E-state index in [9.17, 15) is 0 Å². The second kappa shape index (κ2) is 8.28. The van der Waals surface area contributed by atoms with Crippen LogP contribution < -0.4 is 10.1 Å². The van der Waals surface area contributed by atoms with Crippen LogP contribution in [-0.4, -0.2) is 37.2 Å². The lowest BCUT2D eigenvalue weighted by molar-refractivity contribution is 0.253. The van der Waals surface area contributed by atoms with Gasteiger partial charge in [-0.1, -0.05) is 26.0 Å². The van der Waals surface area contributed by atoms with Gasteiger partial charge in [-0.3, -0.25) is 4.90 Å². The normalized spacial score (nSPS) is 18.6. The monoisotopic (exact) mass is 276 g/mol. The molecule has 20 heavy (non-hydrogen) atoms. The molecule has 0 amide bonds. The van der Waals surface area contributed by atoms with Gasteiger partial charge in [-0.25, -0.2) is 0 Å². The largest absolute Gasteiger partial charge is 0.494 e. The van der Waals surface area contributed by atoms with Gasteiger partial charge in [-0.2, -0.15) is 0 Å². The quantitative estimate of drug-likeness (QED) is 0.790. The minimum absolute atomic E-state index is 0.683. The van der Waals surface area contributed by atoms with E-state index in [0.29, 0.717) is 6.04 Å². The maximum Gasteiger partial charge on any atom is 0.119 e. The highest BCUT2D eigenvalue weighted by atomic mass is 16.5. The molecular weight excluding hydrogens is 248 g/mol. The maximum absolute atomic E-state index is 5.63. The molecule has 1 unspecified atom stereocenters. The number of nitrogens with zero attached hydrogens (tertiary/aromatic N) is 1. The first-order valence-corrected chi connectivity index (χ1v) is 7.99. The van der Waals surface area contributed by atoms with Crippen LogP contribution in [0.5, 0.6) is 5.75 Å². The molecule has 1 aromatic carbocycles. The summed E-state index contributed by atoms with van der Waals surface area (Å²) < 4.78 is 5.63. The van der Waals surface area contributed by atoms with Crippen molar-refractivity contribution in [3.63, 3.8) is 0 Å². The molecule has 1 N–H and O–H groups in total. The van der Waals surface area contributed by atoms with E-state index in [2.05, 4.69) is 48.3 Å². The fourth-order valence-corrected chi connectivity index (χ4v) is 2.70. The van der Waals surface area contributed by atoms with Gasteiger partial charge >= 0.3 is 0 Å². The van der Waals surface area contributed by atoms with E-state index >= 15 is 0 Å². The van der Waals surface area contributed by atoms with Crippen molar-refractivity contribution in [1.29, 1.82) is 0 Å². The van der Waals surface area contributed by atoms with E-state index in [1.54, 1.807) is 0 Å². The molecule has 1 atom stereocenters. The Hall–Kier alpha value is -1.06. The third-order valence-corrected chi connectivity index (χ3v) is 3.89. The van der Waals surface area contributed by atoms with Gasteiger partial charge < -0.3 is 10.1 Å². The number of likely N-dealkylation sites (N-methyl/N-ethyl adjacent to an activating group) is 1. The molecule has 1 aromatic rings. The Morgan fingerprint density at radius 1 is 1.25 bits per heavy atom. The molecule has 0 saturated carbocycles. The van der Waals surface area contributed by atoms with Crippen LogP contribution in [0.1, 0.15) is 38.7 Å². The van der Waals surface area contributed by atoms with Gasteiger partial charge in [-0.15, -0.1) is 0 Å². The van der Waals surface area contributed by atoms with Crippen LogP contribution >= 0.6 is 0 Å². The highest BCUT2D eigenvalue weighted by molar-refractivity contribution is 5.27. The summed E-state index contributed by atoms with van der Waals surface area (Å²) in [4.78, 5) is 2.52. The van der Waals surface area contributed by atoms with E-state index in [0.717, 1.165) is 38.4 Å². The van der Waals surface area contributed by atoms with Crippen molar-refractivity contribution in [2.24, 2.45) is 0 Å². The van der Waals surface area contributed by atoms with E-state index in [1.165, 1.54) is 24.9 Å². The second-order valence-electron chi connectivity index (χ2n) is 5.61. The van der Waals surface area contributed by atoms with Crippen LogP contribution in [0.25, 0.3) is 0 Å². The average Bonchev–Trinajstić information content (AvgIpc) is 2.99. The number of nitrogens with one attached hydrogen (secondary N) is 1. The number of hydrogen-bond donors (Lipinski definition) is 1. The summed E-state index contributed by atoms with van der Waals surface area (Å²) in [5, 5.41) is 3.58. The van der Waals surface area contributed by atoms with Crippen LogP contribution in [0.4, 0.5) is 0 Å². The lowest BCUT2D eigenvalue weighted by Gasteiger charge is -2.24.